The molecular weight excluding hydrogens is 158 g/mol. The van der Waals surface area contributed by atoms with Gasteiger partial charge in [-0.25, -0.2) is 0 Å². The zero-order valence-corrected chi connectivity index (χ0v) is 9.78. The van der Waals surface area contributed by atoms with Gasteiger partial charge in [-0.15, -0.1) is 0 Å². The molecule has 68 valence electrons. The third-order valence-corrected chi connectivity index (χ3v) is 3.38. The van der Waals surface area contributed by atoms with Gasteiger partial charge in [0.25, 0.3) is 0 Å². The molecule has 11 heavy (non-hydrogen) atoms. The standard InChI is InChI=1S/C7H19NO2Si/c1-4-7(11)8(5(2)9)6(3)10/h5-7,9-10H,4H2,1-3,11H3. The molecule has 0 rings (SSSR count). The van der Waals surface area contributed by atoms with E-state index in [-0.39, 0.29) is 0 Å². The third kappa shape index (κ3) is 3.33. The highest BCUT2D eigenvalue weighted by Crippen LogP contribution is 2.07. The lowest BCUT2D eigenvalue weighted by molar-refractivity contribution is -0.0931. The van der Waals surface area contributed by atoms with Crippen LogP contribution in [0.2, 0.25) is 0 Å². The van der Waals surface area contributed by atoms with Crippen molar-refractivity contribution in [3.63, 3.8) is 0 Å². The van der Waals surface area contributed by atoms with Crippen molar-refractivity contribution in [2.75, 3.05) is 0 Å². The Balaban J connectivity index is 4.09. The van der Waals surface area contributed by atoms with E-state index < -0.39 is 12.5 Å². The van der Waals surface area contributed by atoms with E-state index in [2.05, 4.69) is 6.92 Å². The fourth-order valence-electron chi connectivity index (χ4n) is 1.26. The van der Waals surface area contributed by atoms with E-state index in [0.29, 0.717) is 5.67 Å². The summed E-state index contributed by atoms with van der Waals surface area (Å²) in [7, 11) is 0.975. The van der Waals surface area contributed by atoms with Gasteiger partial charge in [0, 0.05) is 10.2 Å². The first-order valence-electron chi connectivity index (χ1n) is 4.14. The van der Waals surface area contributed by atoms with Crippen LogP contribution in [0.15, 0.2) is 0 Å². The molecule has 3 nitrogen and oxygen atoms in total. The van der Waals surface area contributed by atoms with Crippen molar-refractivity contribution < 1.29 is 10.2 Å². The van der Waals surface area contributed by atoms with E-state index in [9.17, 15) is 10.2 Å². The van der Waals surface area contributed by atoms with Gasteiger partial charge in [-0.3, -0.25) is 4.90 Å². The van der Waals surface area contributed by atoms with E-state index in [4.69, 9.17) is 0 Å². The Morgan fingerprint density at radius 2 is 1.64 bits per heavy atom. The Morgan fingerprint density at radius 1 is 1.27 bits per heavy atom. The Kier molecular flexibility index (Phi) is 4.91. The second-order valence-corrected chi connectivity index (χ2v) is 4.30. The minimum atomic E-state index is -0.544. The molecule has 0 amide bonds. The highest BCUT2D eigenvalue weighted by atomic mass is 28.1. The minimum absolute atomic E-state index is 0.356. The van der Waals surface area contributed by atoms with E-state index in [1.807, 2.05) is 0 Å². The van der Waals surface area contributed by atoms with Gasteiger partial charge in [0.05, 0.1) is 0 Å². The molecule has 0 saturated carbocycles. The van der Waals surface area contributed by atoms with Crippen molar-refractivity contribution in [3.8, 4) is 0 Å². The molecule has 4 heteroatoms. The summed E-state index contributed by atoms with van der Waals surface area (Å²) in [6.45, 7) is 5.44. The number of aliphatic hydroxyl groups is 2. The molecule has 3 atom stereocenters. The maximum atomic E-state index is 9.27. The normalized spacial score (nSPS) is 20.2. The third-order valence-electron chi connectivity index (χ3n) is 1.96. The van der Waals surface area contributed by atoms with Crippen molar-refractivity contribution in [1.29, 1.82) is 0 Å². The molecule has 0 aromatic heterocycles. The number of hydrogen-bond donors (Lipinski definition) is 2. The number of aliphatic hydroxyl groups excluding tert-OH is 2. The van der Waals surface area contributed by atoms with Crippen LogP contribution in [0.5, 0.6) is 0 Å². The Labute approximate surface area is 71.4 Å². The fraction of sp³-hybridized carbons (Fsp3) is 1.00. The summed E-state index contributed by atoms with van der Waals surface area (Å²) in [5, 5.41) is 18.5. The second-order valence-electron chi connectivity index (χ2n) is 2.97. The van der Waals surface area contributed by atoms with Crippen molar-refractivity contribution in [3.05, 3.63) is 0 Å². The quantitative estimate of drug-likeness (QED) is 0.430. The highest BCUT2D eigenvalue weighted by Gasteiger charge is 2.20. The molecule has 0 bridgehead atoms. The largest absolute Gasteiger partial charge is 0.379 e. The predicted molar refractivity (Wildman–Crippen MR) is 49.2 cm³/mol. The van der Waals surface area contributed by atoms with E-state index in [1.54, 1.807) is 18.7 Å². The molecule has 0 aromatic rings. The molecule has 0 radical (unpaired) electrons. The molecule has 2 N–H and O–H groups in total. The monoisotopic (exact) mass is 177 g/mol. The number of nitrogens with zero attached hydrogens (tertiary/aromatic N) is 1. The van der Waals surface area contributed by atoms with Crippen LogP contribution in [0, 0.1) is 0 Å². The zero-order valence-electron chi connectivity index (χ0n) is 7.78. The van der Waals surface area contributed by atoms with Crippen molar-refractivity contribution in [2.24, 2.45) is 0 Å². The van der Waals surface area contributed by atoms with Crippen LogP contribution in [0.4, 0.5) is 0 Å². The highest BCUT2D eigenvalue weighted by molar-refractivity contribution is 6.11. The minimum Gasteiger partial charge on any atom is -0.379 e. The number of hydrogen-bond acceptors (Lipinski definition) is 3. The maximum Gasteiger partial charge on any atom is 0.106 e. The smallest absolute Gasteiger partial charge is 0.106 e. The zero-order chi connectivity index (χ0) is 9.02. The van der Waals surface area contributed by atoms with Crippen molar-refractivity contribution >= 4 is 10.2 Å². The maximum absolute atomic E-state index is 9.27. The predicted octanol–water partition coefficient (Wildman–Crippen LogP) is -0.934. The first kappa shape index (κ1) is 11.1. The molecular formula is C7H19NO2Si. The first-order valence-corrected chi connectivity index (χ1v) is 5.29. The van der Waals surface area contributed by atoms with Crippen LogP contribution >= 0.6 is 0 Å². The number of rotatable bonds is 4. The Hall–Kier alpha value is 0.0969. The fourth-order valence-corrected chi connectivity index (χ4v) is 2.12. The topological polar surface area (TPSA) is 43.7 Å². The lowest BCUT2D eigenvalue weighted by Crippen LogP contribution is -2.47. The van der Waals surface area contributed by atoms with Gasteiger partial charge >= 0.3 is 0 Å². The van der Waals surface area contributed by atoms with E-state index in [0.717, 1.165) is 16.7 Å². The summed E-state index contributed by atoms with van der Waals surface area (Å²) in [5.74, 6) is 0. The van der Waals surface area contributed by atoms with Crippen LogP contribution in [0.1, 0.15) is 27.2 Å². The molecule has 3 unspecified atom stereocenters. The summed E-state index contributed by atoms with van der Waals surface area (Å²) >= 11 is 0. The van der Waals surface area contributed by atoms with Crippen LogP contribution in [0.3, 0.4) is 0 Å². The van der Waals surface area contributed by atoms with Gasteiger partial charge in [-0.2, -0.15) is 0 Å². The van der Waals surface area contributed by atoms with Crippen LogP contribution in [0.25, 0.3) is 0 Å². The van der Waals surface area contributed by atoms with Gasteiger partial charge in [-0.1, -0.05) is 6.92 Å². The molecule has 0 aliphatic carbocycles. The summed E-state index contributed by atoms with van der Waals surface area (Å²) in [4.78, 5) is 1.73. The van der Waals surface area contributed by atoms with Crippen LogP contribution < -0.4 is 0 Å². The SMILES string of the molecule is CCC([SiH3])N(C(C)O)C(C)O. The average Bonchev–Trinajstić information content (AvgIpc) is 1.85. The molecule has 0 aliphatic rings. The lowest BCUT2D eigenvalue weighted by atomic mass is 10.3. The summed E-state index contributed by atoms with van der Waals surface area (Å²) in [6, 6.07) is 0. The van der Waals surface area contributed by atoms with E-state index >= 15 is 0 Å². The summed E-state index contributed by atoms with van der Waals surface area (Å²) in [6.07, 6.45) is -0.0999. The van der Waals surface area contributed by atoms with Crippen molar-refractivity contribution in [1.82, 2.24) is 4.90 Å². The molecule has 0 aromatic carbocycles. The Bertz CT molecular complexity index is 101. The molecule has 0 fully saturated rings. The van der Waals surface area contributed by atoms with Gasteiger partial charge in [0.15, 0.2) is 0 Å². The van der Waals surface area contributed by atoms with Gasteiger partial charge in [0.2, 0.25) is 0 Å². The summed E-state index contributed by atoms with van der Waals surface area (Å²) < 4.78 is 0. The molecule has 0 heterocycles. The average molecular weight is 177 g/mol. The first-order chi connectivity index (χ1) is 5.00. The molecule has 0 aliphatic heterocycles. The van der Waals surface area contributed by atoms with Crippen LogP contribution in [-0.2, 0) is 0 Å². The van der Waals surface area contributed by atoms with Gasteiger partial charge < -0.3 is 10.2 Å². The molecule has 0 spiro atoms. The second kappa shape index (κ2) is 4.87. The Morgan fingerprint density at radius 3 is 1.73 bits per heavy atom. The van der Waals surface area contributed by atoms with Crippen LogP contribution in [-0.4, -0.2) is 43.5 Å². The van der Waals surface area contributed by atoms with Gasteiger partial charge in [0.1, 0.15) is 12.5 Å². The molecule has 0 saturated heterocycles. The van der Waals surface area contributed by atoms with E-state index in [1.165, 1.54) is 0 Å². The lowest BCUT2D eigenvalue weighted by Gasteiger charge is -2.33. The van der Waals surface area contributed by atoms with Gasteiger partial charge in [-0.05, 0) is 25.9 Å². The summed E-state index contributed by atoms with van der Waals surface area (Å²) in [5.41, 5.74) is 0.356. The van der Waals surface area contributed by atoms with Crippen molar-refractivity contribution in [2.45, 2.75) is 45.3 Å².